The van der Waals surface area contributed by atoms with Crippen molar-refractivity contribution in [2.45, 2.75) is 121 Å². The molecule has 1 aliphatic carbocycles. The molecule has 5 atom stereocenters. The number of carbonyl (C=O) groups is 4. The van der Waals surface area contributed by atoms with Gasteiger partial charge in [0.15, 0.2) is 0 Å². The van der Waals surface area contributed by atoms with Crippen LogP contribution in [-0.2, 0) is 25.7 Å². The highest BCUT2D eigenvalue weighted by atomic mass is 32.1. The van der Waals surface area contributed by atoms with Gasteiger partial charge in [-0.1, -0.05) is 43.5 Å². The van der Waals surface area contributed by atoms with Crippen molar-refractivity contribution in [1.82, 2.24) is 30.4 Å². The van der Waals surface area contributed by atoms with E-state index in [2.05, 4.69) is 27.7 Å². The molecule has 7 rings (SSSR count). The first-order valence-corrected chi connectivity index (χ1v) is 20.5. The van der Waals surface area contributed by atoms with Crippen LogP contribution in [0.1, 0.15) is 90.5 Å². The minimum atomic E-state index is -1.45. The van der Waals surface area contributed by atoms with Crippen LogP contribution in [0.25, 0.3) is 21.6 Å². The Hall–Kier alpha value is -4.56. The lowest BCUT2D eigenvalue weighted by molar-refractivity contribution is -0.145. The highest BCUT2D eigenvalue weighted by molar-refractivity contribution is 7.13. The summed E-state index contributed by atoms with van der Waals surface area (Å²) in [5.74, 6) is -2.20. The molecule has 3 N–H and O–H groups in total. The third-order valence-corrected chi connectivity index (χ3v) is 11.8. The van der Waals surface area contributed by atoms with E-state index in [1.807, 2.05) is 35.7 Å². The minimum Gasteiger partial charge on any atom is -0.479 e. The van der Waals surface area contributed by atoms with Gasteiger partial charge in [-0.05, 0) is 102 Å². The van der Waals surface area contributed by atoms with E-state index in [1.165, 1.54) is 41.1 Å². The summed E-state index contributed by atoms with van der Waals surface area (Å²) >= 11 is 1.51. The number of nitrogens with one attached hydrogen (secondary N) is 2. The Morgan fingerprint density at radius 3 is 2.60 bits per heavy atom. The normalized spacial score (nSPS) is 27.2. The van der Waals surface area contributed by atoms with Crippen molar-refractivity contribution in [3.05, 3.63) is 53.4 Å². The molecule has 3 aliphatic heterocycles. The topological polar surface area (TPSA) is 163 Å². The third kappa shape index (κ3) is 9.12. The molecule has 1 saturated carbocycles. The van der Waals surface area contributed by atoms with Crippen molar-refractivity contribution in [3.8, 4) is 16.5 Å². The molecule has 0 radical (unpaired) electrons. The van der Waals surface area contributed by atoms with Gasteiger partial charge in [-0.2, -0.15) is 0 Å². The number of carboxylic acid groups (broad SMARTS) is 1. The minimum absolute atomic E-state index is 0.0190. The van der Waals surface area contributed by atoms with Gasteiger partial charge in [-0.25, -0.2) is 19.6 Å². The van der Waals surface area contributed by atoms with Gasteiger partial charge in [0.2, 0.25) is 17.7 Å². The highest BCUT2D eigenvalue weighted by Gasteiger charge is 2.61. The summed E-state index contributed by atoms with van der Waals surface area (Å²) in [6.07, 6.45) is 9.89. The number of alkyl carbamates (subject to hydrolysis) is 1. The quantitative estimate of drug-likeness (QED) is 0.241. The van der Waals surface area contributed by atoms with Gasteiger partial charge in [0.25, 0.3) is 0 Å². The molecular formula is C41H52N6O7S. The number of aliphatic carboxylic acids is 1. The molecule has 14 heteroatoms. The number of carboxylic acids is 1. The highest BCUT2D eigenvalue weighted by Crippen LogP contribution is 2.45. The fourth-order valence-corrected chi connectivity index (χ4v) is 8.67. The molecule has 294 valence electrons. The van der Waals surface area contributed by atoms with E-state index >= 15 is 0 Å². The van der Waals surface area contributed by atoms with Crippen LogP contribution >= 0.6 is 11.3 Å². The van der Waals surface area contributed by atoms with Crippen molar-refractivity contribution >= 4 is 46.2 Å². The van der Waals surface area contributed by atoms with Crippen molar-refractivity contribution in [1.29, 1.82) is 0 Å². The van der Waals surface area contributed by atoms with Gasteiger partial charge in [0, 0.05) is 18.9 Å². The number of aromatic nitrogens is 2. The van der Waals surface area contributed by atoms with Gasteiger partial charge in [0.05, 0.1) is 22.5 Å². The fraction of sp³-hybridized carbons (Fsp3) is 0.561. The average molecular weight is 773 g/mol. The third-order valence-electron chi connectivity index (χ3n) is 10.9. The van der Waals surface area contributed by atoms with Crippen LogP contribution in [0.15, 0.2) is 47.9 Å². The second-order valence-corrected chi connectivity index (χ2v) is 17.3. The number of benzene rings is 1. The predicted octanol–water partition coefficient (Wildman–Crippen LogP) is 6.07. The van der Waals surface area contributed by atoms with Crippen molar-refractivity contribution in [3.63, 3.8) is 0 Å². The number of carbonyl (C=O) groups excluding carboxylic acids is 3. The van der Waals surface area contributed by atoms with Crippen LogP contribution in [0.4, 0.5) is 4.79 Å². The summed E-state index contributed by atoms with van der Waals surface area (Å²) < 4.78 is 12.2. The number of rotatable bonds is 7. The van der Waals surface area contributed by atoms with E-state index in [4.69, 9.17) is 19.4 Å². The molecule has 4 aliphatic rings. The molecule has 0 spiro atoms. The molecular weight excluding hydrogens is 721 g/mol. The van der Waals surface area contributed by atoms with Gasteiger partial charge < -0.3 is 30.1 Å². The summed E-state index contributed by atoms with van der Waals surface area (Å²) in [7, 11) is 0. The lowest BCUT2D eigenvalue weighted by Gasteiger charge is -2.30. The number of amides is 3. The Kier molecular flexibility index (Phi) is 11.4. The first-order valence-electron chi connectivity index (χ1n) is 19.6. The zero-order chi connectivity index (χ0) is 38.7. The number of hydrogen-bond donors (Lipinski definition) is 3. The predicted molar refractivity (Wildman–Crippen MR) is 209 cm³/mol. The molecule has 13 nitrogen and oxygen atoms in total. The molecule has 3 aromatic rings. The largest absolute Gasteiger partial charge is 0.479 e. The first kappa shape index (κ1) is 38.7. The second kappa shape index (κ2) is 16.3. The number of nitrogens with zero attached hydrogens (tertiary/aromatic N) is 4. The molecule has 0 bridgehead atoms. The number of thiophene rings is 1. The molecule has 3 unspecified atom stereocenters. The molecule has 5 heterocycles. The Balaban J connectivity index is 1.19. The molecule has 55 heavy (non-hydrogen) atoms. The number of hydrogen-bond acceptors (Lipinski definition) is 10. The Morgan fingerprint density at radius 2 is 1.85 bits per heavy atom. The van der Waals surface area contributed by atoms with Crippen LogP contribution in [0.5, 0.6) is 5.88 Å². The van der Waals surface area contributed by atoms with Gasteiger partial charge in [0.1, 0.15) is 35.0 Å². The number of ether oxygens (including phenoxy) is 2. The molecule has 1 aromatic carbocycles. The van der Waals surface area contributed by atoms with Crippen LogP contribution in [0.3, 0.4) is 0 Å². The van der Waals surface area contributed by atoms with Crippen LogP contribution in [0, 0.1) is 5.92 Å². The van der Waals surface area contributed by atoms with E-state index in [9.17, 15) is 24.3 Å². The summed E-state index contributed by atoms with van der Waals surface area (Å²) in [5.41, 5.74) is 0.926. The summed E-state index contributed by atoms with van der Waals surface area (Å²) in [4.78, 5) is 69.0. The maximum absolute atomic E-state index is 14.5. The van der Waals surface area contributed by atoms with Gasteiger partial charge in [-0.15, -0.1) is 11.3 Å². The summed E-state index contributed by atoms with van der Waals surface area (Å²) in [6, 6.07) is 8.00. The SMILES string of the molecule is CC(C)(C)OC(=O)N[C@H]1CCCCC/C=C\C2CC2(C(=O)O)NC(=O)C2C[C@@H](Oc3nc4ccc(CN5CCCCC5)cc4nc3-c3cccs3)CN2C1=O. The summed E-state index contributed by atoms with van der Waals surface area (Å²) in [5, 5.41) is 17.8. The number of fused-ring (bicyclic) bond motifs is 3. The standard InChI is InChI=1S/C41H52N6O7S/c1-40(2,3)54-39(52)44-30-14-9-6-4-5-8-13-27-23-41(27,38(50)51)45-35(48)32-22-28(25-47(32)37(30)49)53-36-34(33-15-12-20-55-33)42-31-21-26(16-17-29(31)43-36)24-46-18-10-7-11-19-46/h8,12-13,15-17,20-21,27-28,30,32H,4-7,9-11,14,18-19,22-25H2,1-3H3,(H,44,52)(H,45,48)(H,50,51)/b13-8-/t27?,28-,30+,32?,41?/m1/s1. The maximum atomic E-state index is 14.5. The Morgan fingerprint density at radius 1 is 1.05 bits per heavy atom. The van der Waals surface area contributed by atoms with Crippen molar-refractivity contribution < 1.29 is 33.8 Å². The monoisotopic (exact) mass is 772 g/mol. The number of likely N-dealkylation sites (tertiary alicyclic amines) is 1. The van der Waals surface area contributed by atoms with Gasteiger partial charge in [-0.3, -0.25) is 14.5 Å². The number of allylic oxidation sites excluding steroid dienone is 1. The molecule has 2 aromatic heterocycles. The average Bonchev–Trinajstić information content (AvgIpc) is 3.43. The zero-order valence-electron chi connectivity index (χ0n) is 31.9. The zero-order valence-corrected chi connectivity index (χ0v) is 32.7. The van der Waals surface area contributed by atoms with E-state index in [1.54, 1.807) is 20.8 Å². The second-order valence-electron chi connectivity index (χ2n) is 16.3. The molecule has 3 amide bonds. The lowest BCUT2D eigenvalue weighted by atomic mass is 10.0. The van der Waals surface area contributed by atoms with E-state index in [-0.39, 0.29) is 31.2 Å². The fourth-order valence-electron chi connectivity index (χ4n) is 7.97. The molecule has 3 fully saturated rings. The van der Waals surface area contributed by atoms with E-state index in [0.717, 1.165) is 49.3 Å². The molecule has 2 saturated heterocycles. The van der Waals surface area contributed by atoms with Crippen LogP contribution in [-0.4, -0.2) is 97.7 Å². The maximum Gasteiger partial charge on any atom is 0.408 e. The van der Waals surface area contributed by atoms with Crippen molar-refractivity contribution in [2.75, 3.05) is 19.6 Å². The Labute approximate surface area is 325 Å². The van der Waals surface area contributed by atoms with Crippen LogP contribution in [0.2, 0.25) is 0 Å². The van der Waals surface area contributed by atoms with E-state index in [0.29, 0.717) is 24.1 Å². The Bertz CT molecular complexity index is 1920. The number of piperidine rings is 1. The van der Waals surface area contributed by atoms with Crippen molar-refractivity contribution in [2.24, 2.45) is 5.92 Å². The summed E-state index contributed by atoms with van der Waals surface area (Å²) in [6.45, 7) is 8.29. The van der Waals surface area contributed by atoms with E-state index < -0.39 is 53.2 Å². The van der Waals surface area contributed by atoms with Gasteiger partial charge >= 0.3 is 12.1 Å². The smallest absolute Gasteiger partial charge is 0.408 e. The first-order chi connectivity index (χ1) is 26.4. The van der Waals surface area contributed by atoms with Crippen LogP contribution < -0.4 is 15.4 Å². The lowest BCUT2D eigenvalue weighted by Crippen LogP contribution is -2.56.